The number of rotatable bonds is 6. The molecule has 8 nitrogen and oxygen atoms in total. The Labute approximate surface area is 148 Å². The van der Waals surface area contributed by atoms with Crippen molar-refractivity contribution in [1.82, 2.24) is 14.7 Å². The summed E-state index contributed by atoms with van der Waals surface area (Å²) in [6.07, 6.45) is 2.38. The van der Waals surface area contributed by atoms with Gasteiger partial charge in [-0.15, -0.1) is 0 Å². The van der Waals surface area contributed by atoms with Crippen molar-refractivity contribution in [3.05, 3.63) is 0 Å². The van der Waals surface area contributed by atoms with E-state index in [1.807, 2.05) is 11.8 Å². The van der Waals surface area contributed by atoms with Crippen LogP contribution in [0.4, 0.5) is 4.79 Å². The molecule has 0 radical (unpaired) electrons. The number of hydrogen-bond donors (Lipinski definition) is 0. The molecule has 1 unspecified atom stereocenters. The topological polar surface area (TPSA) is 79.4 Å². The molecule has 0 aliphatic carbocycles. The standard InChI is InChI=1S/C17H27N3O5/c1-3-19-15(22)13-10-17(12-20(13)16(19)23)4-6-18(7-5-17)14(21)11-25-9-8-24-2/h13H,3-12H2,1-2H3. The number of hydrogen-bond acceptors (Lipinski definition) is 5. The maximum absolute atomic E-state index is 12.4. The lowest BCUT2D eigenvalue weighted by molar-refractivity contribution is -0.139. The van der Waals surface area contributed by atoms with Gasteiger partial charge in [0.05, 0.1) is 13.2 Å². The third kappa shape index (κ3) is 3.37. The van der Waals surface area contributed by atoms with Gasteiger partial charge < -0.3 is 19.3 Å². The van der Waals surface area contributed by atoms with Crippen molar-refractivity contribution in [3.63, 3.8) is 0 Å². The lowest BCUT2D eigenvalue weighted by Crippen LogP contribution is -2.46. The molecule has 0 N–H and O–H groups in total. The summed E-state index contributed by atoms with van der Waals surface area (Å²) < 4.78 is 10.2. The minimum absolute atomic E-state index is 0.00578. The number of ether oxygens (including phenoxy) is 2. The summed E-state index contributed by atoms with van der Waals surface area (Å²) in [5.74, 6) is -0.0665. The van der Waals surface area contributed by atoms with Crippen molar-refractivity contribution in [3.8, 4) is 0 Å². The van der Waals surface area contributed by atoms with E-state index in [9.17, 15) is 14.4 Å². The molecule has 3 saturated heterocycles. The normalized spacial score (nSPS) is 25.2. The van der Waals surface area contributed by atoms with E-state index in [1.165, 1.54) is 4.90 Å². The Bertz CT molecular complexity index is 518. The summed E-state index contributed by atoms with van der Waals surface area (Å²) >= 11 is 0. The molecular weight excluding hydrogens is 326 g/mol. The molecule has 4 amide bonds. The van der Waals surface area contributed by atoms with Crippen LogP contribution in [0.15, 0.2) is 0 Å². The zero-order valence-corrected chi connectivity index (χ0v) is 15.0. The summed E-state index contributed by atoms with van der Waals surface area (Å²) in [4.78, 5) is 41.8. The fraction of sp³-hybridized carbons (Fsp3) is 0.824. The van der Waals surface area contributed by atoms with Crippen LogP contribution in [0.1, 0.15) is 26.2 Å². The van der Waals surface area contributed by atoms with Gasteiger partial charge in [-0.1, -0.05) is 0 Å². The van der Waals surface area contributed by atoms with Gasteiger partial charge in [0.1, 0.15) is 12.6 Å². The van der Waals surface area contributed by atoms with Gasteiger partial charge in [0.2, 0.25) is 5.91 Å². The quantitative estimate of drug-likeness (QED) is 0.507. The average Bonchev–Trinajstić information content (AvgIpc) is 3.08. The molecule has 25 heavy (non-hydrogen) atoms. The number of likely N-dealkylation sites (tertiary alicyclic amines) is 1. The zero-order valence-electron chi connectivity index (χ0n) is 15.0. The van der Waals surface area contributed by atoms with Gasteiger partial charge in [0, 0.05) is 33.3 Å². The van der Waals surface area contributed by atoms with Crippen LogP contribution in [0.5, 0.6) is 0 Å². The van der Waals surface area contributed by atoms with Crippen LogP contribution in [-0.4, -0.2) is 91.7 Å². The van der Waals surface area contributed by atoms with Gasteiger partial charge in [-0.05, 0) is 31.6 Å². The van der Waals surface area contributed by atoms with Gasteiger partial charge >= 0.3 is 6.03 Å². The largest absolute Gasteiger partial charge is 0.382 e. The number of likely N-dealkylation sites (N-methyl/N-ethyl adjacent to an activating group) is 1. The van der Waals surface area contributed by atoms with E-state index in [4.69, 9.17) is 9.47 Å². The molecular formula is C17H27N3O5. The third-order valence-corrected chi connectivity index (χ3v) is 5.69. The molecule has 1 spiro atoms. The maximum Gasteiger partial charge on any atom is 0.327 e. The molecule has 0 aromatic carbocycles. The summed E-state index contributed by atoms with van der Waals surface area (Å²) in [6, 6.07) is -0.452. The minimum atomic E-state index is -0.299. The SMILES string of the molecule is CCN1C(=O)C2CC3(CCN(C(=O)COCCOC)CC3)CN2C1=O. The number of carbonyl (C=O) groups excluding carboxylic acids is 3. The van der Waals surface area contributed by atoms with E-state index in [1.54, 1.807) is 12.0 Å². The lowest BCUT2D eigenvalue weighted by atomic mass is 9.76. The van der Waals surface area contributed by atoms with Gasteiger partial charge in [0.15, 0.2) is 0 Å². The molecule has 8 heteroatoms. The highest BCUT2D eigenvalue weighted by atomic mass is 16.5. The first-order chi connectivity index (χ1) is 12.0. The first kappa shape index (κ1) is 18.1. The van der Waals surface area contributed by atoms with Crippen molar-refractivity contribution in [1.29, 1.82) is 0 Å². The highest BCUT2D eigenvalue weighted by Gasteiger charge is 2.56. The van der Waals surface area contributed by atoms with Crippen LogP contribution in [0, 0.1) is 5.41 Å². The lowest BCUT2D eigenvalue weighted by Gasteiger charge is -2.39. The Morgan fingerprint density at radius 3 is 2.56 bits per heavy atom. The van der Waals surface area contributed by atoms with E-state index in [0.29, 0.717) is 39.4 Å². The fourth-order valence-corrected chi connectivity index (χ4v) is 4.18. The van der Waals surface area contributed by atoms with Crippen LogP contribution >= 0.6 is 0 Å². The monoisotopic (exact) mass is 353 g/mol. The summed E-state index contributed by atoms with van der Waals surface area (Å²) in [7, 11) is 1.59. The molecule has 1 atom stereocenters. The summed E-state index contributed by atoms with van der Waals surface area (Å²) in [5, 5.41) is 0. The third-order valence-electron chi connectivity index (χ3n) is 5.69. The Hall–Kier alpha value is -1.67. The number of carbonyl (C=O) groups is 3. The number of nitrogens with zero attached hydrogens (tertiary/aromatic N) is 3. The number of amides is 4. The van der Waals surface area contributed by atoms with E-state index in [-0.39, 0.29) is 35.9 Å². The van der Waals surface area contributed by atoms with E-state index >= 15 is 0 Å². The van der Waals surface area contributed by atoms with Crippen molar-refractivity contribution >= 4 is 17.8 Å². The number of methoxy groups -OCH3 is 1. The second-order valence-corrected chi connectivity index (χ2v) is 7.14. The van der Waals surface area contributed by atoms with Crippen molar-refractivity contribution in [2.24, 2.45) is 5.41 Å². The molecule has 0 saturated carbocycles. The van der Waals surface area contributed by atoms with Crippen LogP contribution in [0.2, 0.25) is 0 Å². The predicted octanol–water partition coefficient (Wildman–Crippen LogP) is 0.315. The Morgan fingerprint density at radius 2 is 1.96 bits per heavy atom. The smallest absolute Gasteiger partial charge is 0.327 e. The average molecular weight is 353 g/mol. The first-order valence-electron chi connectivity index (χ1n) is 8.98. The summed E-state index contributed by atoms with van der Waals surface area (Å²) in [6.45, 7) is 5.17. The minimum Gasteiger partial charge on any atom is -0.382 e. The molecule has 140 valence electrons. The first-order valence-corrected chi connectivity index (χ1v) is 8.98. The van der Waals surface area contributed by atoms with Crippen LogP contribution < -0.4 is 0 Å². The van der Waals surface area contributed by atoms with Gasteiger partial charge in [-0.25, -0.2) is 4.79 Å². The number of fused-ring (bicyclic) bond motifs is 1. The summed E-state index contributed by atoms with van der Waals surface area (Å²) in [5.41, 5.74) is -0.0243. The Kier molecular flexibility index (Phi) is 5.29. The molecule has 3 fully saturated rings. The second-order valence-electron chi connectivity index (χ2n) is 7.14. The number of piperidine rings is 1. The van der Waals surface area contributed by atoms with E-state index in [0.717, 1.165) is 19.3 Å². The molecule has 0 aromatic rings. The molecule has 3 rings (SSSR count). The van der Waals surface area contributed by atoms with Crippen molar-refractivity contribution in [2.45, 2.75) is 32.2 Å². The van der Waals surface area contributed by atoms with Gasteiger partial charge in [0.25, 0.3) is 5.91 Å². The van der Waals surface area contributed by atoms with Crippen LogP contribution in [0.25, 0.3) is 0 Å². The van der Waals surface area contributed by atoms with Crippen molar-refractivity contribution < 1.29 is 23.9 Å². The van der Waals surface area contributed by atoms with Crippen molar-refractivity contribution in [2.75, 3.05) is 53.1 Å². The zero-order chi connectivity index (χ0) is 18.0. The van der Waals surface area contributed by atoms with E-state index < -0.39 is 0 Å². The predicted molar refractivity (Wildman–Crippen MR) is 88.8 cm³/mol. The Morgan fingerprint density at radius 1 is 1.24 bits per heavy atom. The number of imide groups is 1. The van der Waals surface area contributed by atoms with Gasteiger partial charge in [-0.3, -0.25) is 14.5 Å². The molecule has 3 heterocycles. The maximum atomic E-state index is 12.4. The van der Waals surface area contributed by atoms with E-state index in [2.05, 4.69) is 0 Å². The molecule has 0 bridgehead atoms. The molecule has 3 aliphatic rings. The number of urea groups is 1. The van der Waals surface area contributed by atoms with Crippen LogP contribution in [-0.2, 0) is 19.1 Å². The highest BCUT2D eigenvalue weighted by Crippen LogP contribution is 2.46. The molecule has 0 aromatic heterocycles. The fourth-order valence-electron chi connectivity index (χ4n) is 4.18. The van der Waals surface area contributed by atoms with Gasteiger partial charge in [-0.2, -0.15) is 0 Å². The molecule has 3 aliphatic heterocycles. The second kappa shape index (κ2) is 7.29. The van der Waals surface area contributed by atoms with Crippen LogP contribution in [0.3, 0.4) is 0 Å². The Balaban J connectivity index is 1.51. The highest BCUT2D eigenvalue weighted by molar-refractivity contribution is 6.04.